The second-order valence-corrected chi connectivity index (χ2v) is 5.62. The maximum Gasteiger partial charge on any atom is 0.235 e. The maximum atomic E-state index is 12.0. The van der Waals surface area contributed by atoms with Crippen molar-refractivity contribution in [2.24, 2.45) is 5.92 Å². The molecule has 2 unspecified atom stereocenters. The molecule has 0 N–H and O–H groups in total. The molecule has 2 nitrogen and oxygen atoms in total. The number of hydrogen-bond acceptors (Lipinski definition) is 3. The zero-order valence-electron chi connectivity index (χ0n) is 10.4. The molecule has 0 fully saturated rings. The first-order chi connectivity index (χ1) is 6.95. The van der Waals surface area contributed by atoms with Crippen LogP contribution in [-0.2, 0) is 4.79 Å². The summed E-state index contributed by atoms with van der Waals surface area (Å²) in [5, 5.41) is -0.175. The normalized spacial score (nSPS) is 15.1. The van der Waals surface area contributed by atoms with Crippen molar-refractivity contribution < 1.29 is 4.79 Å². The predicted molar refractivity (Wildman–Crippen MR) is 72.8 cm³/mol. The number of carbonyl (C=O) groups is 1. The Hall–Kier alpha value is 0.170. The van der Waals surface area contributed by atoms with Crippen molar-refractivity contribution in [2.45, 2.75) is 38.5 Å². The first-order valence-corrected chi connectivity index (χ1v) is 7.30. The van der Waals surface area contributed by atoms with E-state index in [2.05, 4.69) is 25.8 Å². The summed E-state index contributed by atoms with van der Waals surface area (Å²) in [6.07, 6.45) is 3.07. The van der Waals surface area contributed by atoms with Crippen LogP contribution in [-0.4, -0.2) is 41.2 Å². The van der Waals surface area contributed by atoms with Crippen molar-refractivity contribution in [1.29, 1.82) is 0 Å². The Morgan fingerprint density at radius 1 is 1.47 bits per heavy atom. The van der Waals surface area contributed by atoms with Gasteiger partial charge in [0.05, 0.1) is 5.25 Å². The van der Waals surface area contributed by atoms with Crippen molar-refractivity contribution in [3.63, 3.8) is 0 Å². The van der Waals surface area contributed by atoms with E-state index in [0.717, 1.165) is 12.2 Å². The van der Waals surface area contributed by atoms with Crippen LogP contribution < -0.4 is 0 Å². The van der Waals surface area contributed by atoms with Gasteiger partial charge in [-0.1, -0.05) is 20.8 Å². The Labute approximate surface area is 104 Å². The Morgan fingerprint density at radius 2 is 2.00 bits per heavy atom. The highest BCUT2D eigenvalue weighted by atomic mass is 32.2. The summed E-state index contributed by atoms with van der Waals surface area (Å²) >= 11 is 6.14. The van der Waals surface area contributed by atoms with E-state index in [1.807, 2.05) is 25.8 Å². The van der Waals surface area contributed by atoms with E-state index >= 15 is 0 Å². The van der Waals surface area contributed by atoms with E-state index in [9.17, 15) is 4.79 Å². The van der Waals surface area contributed by atoms with Gasteiger partial charge in [-0.25, -0.2) is 0 Å². The minimum atomic E-state index is -0.175. The molecule has 0 rings (SSSR count). The van der Waals surface area contributed by atoms with Crippen molar-refractivity contribution in [3.8, 4) is 0 Å². The molecule has 90 valence electrons. The number of thiol groups is 1. The van der Waals surface area contributed by atoms with E-state index in [-0.39, 0.29) is 17.1 Å². The molecule has 0 bridgehead atoms. The van der Waals surface area contributed by atoms with Gasteiger partial charge in [0.15, 0.2) is 0 Å². The first kappa shape index (κ1) is 15.2. The SMILES string of the molecule is CCC(CSC)N(C)C(=O)C(S)C(C)C. The Morgan fingerprint density at radius 3 is 2.33 bits per heavy atom. The summed E-state index contributed by atoms with van der Waals surface area (Å²) in [6.45, 7) is 6.17. The molecular formula is C11H23NOS2. The largest absolute Gasteiger partial charge is 0.341 e. The monoisotopic (exact) mass is 249 g/mol. The van der Waals surface area contributed by atoms with Crippen LogP contribution in [0.5, 0.6) is 0 Å². The molecule has 0 heterocycles. The fraction of sp³-hybridized carbons (Fsp3) is 0.909. The highest BCUT2D eigenvalue weighted by molar-refractivity contribution is 7.98. The van der Waals surface area contributed by atoms with Crippen molar-refractivity contribution in [2.75, 3.05) is 19.1 Å². The third-order valence-corrected chi connectivity index (χ3v) is 4.15. The molecule has 1 amide bonds. The third-order valence-electron chi connectivity index (χ3n) is 2.61. The van der Waals surface area contributed by atoms with Gasteiger partial charge in [-0.2, -0.15) is 24.4 Å². The molecule has 0 aliphatic carbocycles. The third kappa shape index (κ3) is 4.68. The average molecular weight is 249 g/mol. The van der Waals surface area contributed by atoms with Crippen molar-refractivity contribution >= 4 is 30.3 Å². The molecule has 0 spiro atoms. The molecule has 0 aromatic carbocycles. The summed E-state index contributed by atoms with van der Waals surface area (Å²) in [5.74, 6) is 1.43. The molecule has 0 saturated carbocycles. The van der Waals surface area contributed by atoms with Crippen LogP contribution in [0.2, 0.25) is 0 Å². The van der Waals surface area contributed by atoms with E-state index in [0.29, 0.717) is 6.04 Å². The van der Waals surface area contributed by atoms with Gasteiger partial charge in [-0.3, -0.25) is 4.79 Å². The number of amides is 1. The van der Waals surface area contributed by atoms with Crippen LogP contribution in [0.1, 0.15) is 27.2 Å². The molecule has 15 heavy (non-hydrogen) atoms. The predicted octanol–water partition coefficient (Wildman–Crippen LogP) is 2.54. The lowest BCUT2D eigenvalue weighted by atomic mass is 10.1. The molecule has 4 heteroatoms. The zero-order chi connectivity index (χ0) is 12.0. The molecular weight excluding hydrogens is 226 g/mol. The lowest BCUT2D eigenvalue weighted by molar-refractivity contribution is -0.131. The Balaban J connectivity index is 4.39. The minimum absolute atomic E-state index is 0.147. The van der Waals surface area contributed by atoms with Crippen molar-refractivity contribution in [3.05, 3.63) is 0 Å². The molecule has 2 atom stereocenters. The first-order valence-electron chi connectivity index (χ1n) is 5.39. The van der Waals surface area contributed by atoms with Crippen LogP contribution >= 0.6 is 24.4 Å². The molecule has 0 aromatic rings. The smallest absolute Gasteiger partial charge is 0.235 e. The molecule has 0 radical (unpaired) electrons. The van der Waals surface area contributed by atoms with Crippen LogP contribution in [0, 0.1) is 5.92 Å². The standard InChI is InChI=1S/C11H23NOS2/c1-6-9(7-15-5)12(4)11(13)10(14)8(2)3/h8-10,14H,6-7H2,1-5H3. The molecule has 0 saturated heterocycles. The number of rotatable bonds is 6. The van der Waals surface area contributed by atoms with Crippen LogP contribution in [0.4, 0.5) is 0 Å². The van der Waals surface area contributed by atoms with Gasteiger partial charge in [0.1, 0.15) is 0 Å². The quantitative estimate of drug-likeness (QED) is 0.730. The lowest BCUT2D eigenvalue weighted by Crippen LogP contribution is -2.43. The van der Waals surface area contributed by atoms with Gasteiger partial charge < -0.3 is 4.90 Å². The minimum Gasteiger partial charge on any atom is -0.341 e. The van der Waals surface area contributed by atoms with E-state index in [4.69, 9.17) is 0 Å². The highest BCUT2D eigenvalue weighted by Gasteiger charge is 2.25. The summed E-state index contributed by atoms with van der Waals surface area (Å²) < 4.78 is 0. The molecule has 0 aliphatic heterocycles. The van der Waals surface area contributed by atoms with Crippen molar-refractivity contribution in [1.82, 2.24) is 4.90 Å². The highest BCUT2D eigenvalue weighted by Crippen LogP contribution is 2.16. The van der Waals surface area contributed by atoms with E-state index in [1.165, 1.54) is 0 Å². The topological polar surface area (TPSA) is 20.3 Å². The summed E-state index contributed by atoms with van der Waals surface area (Å²) in [6, 6.07) is 0.334. The Bertz CT molecular complexity index is 197. The van der Waals surface area contributed by atoms with Gasteiger partial charge in [0, 0.05) is 18.8 Å². The summed E-state index contributed by atoms with van der Waals surface area (Å²) in [4.78, 5) is 13.9. The second-order valence-electron chi connectivity index (χ2n) is 4.16. The number of nitrogens with zero attached hydrogens (tertiary/aromatic N) is 1. The molecule has 0 aromatic heterocycles. The molecule has 0 aliphatic rings. The van der Waals surface area contributed by atoms with Gasteiger partial charge in [0.2, 0.25) is 5.91 Å². The number of carbonyl (C=O) groups excluding carboxylic acids is 1. The number of thioether (sulfide) groups is 1. The number of hydrogen-bond donors (Lipinski definition) is 1. The summed E-state index contributed by atoms with van der Waals surface area (Å²) in [7, 11) is 1.89. The van der Waals surface area contributed by atoms with Crippen LogP contribution in [0.15, 0.2) is 0 Å². The van der Waals surface area contributed by atoms with Gasteiger partial charge in [0.25, 0.3) is 0 Å². The van der Waals surface area contributed by atoms with E-state index < -0.39 is 0 Å². The maximum absolute atomic E-state index is 12.0. The second kappa shape index (κ2) is 7.44. The lowest BCUT2D eigenvalue weighted by Gasteiger charge is -2.30. The van der Waals surface area contributed by atoms with Crippen LogP contribution in [0.25, 0.3) is 0 Å². The van der Waals surface area contributed by atoms with E-state index in [1.54, 1.807) is 11.8 Å². The van der Waals surface area contributed by atoms with Crippen LogP contribution in [0.3, 0.4) is 0 Å². The summed E-state index contributed by atoms with van der Waals surface area (Å²) in [5.41, 5.74) is 0. The average Bonchev–Trinajstić information content (AvgIpc) is 2.22. The van der Waals surface area contributed by atoms with Gasteiger partial charge in [-0.15, -0.1) is 0 Å². The fourth-order valence-corrected chi connectivity index (χ4v) is 2.40. The fourth-order valence-electron chi connectivity index (χ4n) is 1.37. The van der Waals surface area contributed by atoms with Gasteiger partial charge >= 0.3 is 0 Å². The Kier molecular flexibility index (Phi) is 7.53. The zero-order valence-corrected chi connectivity index (χ0v) is 12.1. The van der Waals surface area contributed by atoms with Gasteiger partial charge in [-0.05, 0) is 18.6 Å².